The number of piperidine rings is 1. The molecule has 1 saturated carbocycles. The summed E-state index contributed by atoms with van der Waals surface area (Å²) in [5.74, 6) is 1.22. The molecule has 0 spiro atoms. The van der Waals surface area contributed by atoms with Crippen molar-refractivity contribution in [3.63, 3.8) is 0 Å². The largest absolute Gasteiger partial charge is 0.493 e. The average molecular weight is 395 g/mol. The molecule has 6 heteroatoms. The molecular weight excluding hydrogens is 360 g/mol. The Hall–Kier alpha value is -1.11. The number of rotatable bonds is 7. The van der Waals surface area contributed by atoms with Crippen LogP contribution in [0, 0.1) is 19.8 Å². The molecule has 1 aliphatic heterocycles. The average Bonchev–Trinajstić information content (AvgIpc) is 3.18. The summed E-state index contributed by atoms with van der Waals surface area (Å²) in [7, 11) is -3.48. The first-order valence-electron chi connectivity index (χ1n) is 10.4. The van der Waals surface area contributed by atoms with Gasteiger partial charge in [0.25, 0.3) is 0 Å². The summed E-state index contributed by atoms with van der Waals surface area (Å²) in [6, 6.07) is 4.20. The number of ether oxygens (including phenoxy) is 1. The minimum absolute atomic E-state index is 0.337. The van der Waals surface area contributed by atoms with Crippen molar-refractivity contribution < 1.29 is 13.2 Å². The van der Waals surface area contributed by atoms with Gasteiger partial charge in [0, 0.05) is 12.6 Å². The summed E-state index contributed by atoms with van der Waals surface area (Å²) < 4.78 is 34.0. The van der Waals surface area contributed by atoms with E-state index in [1.807, 2.05) is 20.8 Å². The maximum atomic E-state index is 12.8. The molecule has 1 aliphatic carbocycles. The lowest BCUT2D eigenvalue weighted by atomic mass is 9.96. The van der Waals surface area contributed by atoms with Crippen molar-refractivity contribution in [2.24, 2.45) is 5.92 Å². The molecule has 1 heterocycles. The van der Waals surface area contributed by atoms with E-state index < -0.39 is 10.0 Å². The van der Waals surface area contributed by atoms with Crippen LogP contribution in [0.5, 0.6) is 5.75 Å². The van der Waals surface area contributed by atoms with Crippen molar-refractivity contribution in [2.75, 3.05) is 26.2 Å². The second-order valence-corrected chi connectivity index (χ2v) is 9.86. The monoisotopic (exact) mass is 394 g/mol. The molecule has 0 amide bonds. The zero-order valence-electron chi connectivity index (χ0n) is 17.0. The topological polar surface area (TPSA) is 58.6 Å². The van der Waals surface area contributed by atoms with Crippen molar-refractivity contribution >= 4 is 10.0 Å². The molecule has 1 N–H and O–H groups in total. The number of hydrogen-bond donors (Lipinski definition) is 1. The standard InChI is InChI=1S/C21H34N2O3S/c1-4-26-21-16(2)13-20(14-17(21)3)27(24,25)22-15-18-9-11-23(12-10-18)19-7-5-6-8-19/h13-14,18-19,22H,4-12,15H2,1-3H3. The first-order chi connectivity index (χ1) is 12.9. The minimum Gasteiger partial charge on any atom is -0.493 e. The van der Waals surface area contributed by atoms with E-state index in [0.29, 0.717) is 24.0 Å². The lowest BCUT2D eigenvalue weighted by molar-refractivity contribution is 0.135. The van der Waals surface area contributed by atoms with E-state index in [1.54, 1.807) is 12.1 Å². The molecule has 2 aliphatic rings. The van der Waals surface area contributed by atoms with Crippen LogP contribution in [0.2, 0.25) is 0 Å². The number of sulfonamides is 1. The summed E-state index contributed by atoms with van der Waals surface area (Å²) in [6.07, 6.45) is 7.58. The number of hydrogen-bond acceptors (Lipinski definition) is 4. The van der Waals surface area contributed by atoms with E-state index in [0.717, 1.165) is 48.8 Å². The van der Waals surface area contributed by atoms with Gasteiger partial charge < -0.3 is 9.64 Å². The molecule has 0 unspecified atom stereocenters. The molecule has 5 nitrogen and oxygen atoms in total. The molecule has 2 fully saturated rings. The maximum Gasteiger partial charge on any atom is 0.240 e. The Labute approximate surface area is 164 Å². The molecule has 0 atom stereocenters. The number of aryl methyl sites for hydroxylation is 2. The Morgan fingerprint density at radius 1 is 1.07 bits per heavy atom. The van der Waals surface area contributed by atoms with E-state index >= 15 is 0 Å². The highest BCUT2D eigenvalue weighted by molar-refractivity contribution is 7.89. The van der Waals surface area contributed by atoms with Crippen LogP contribution in [0.4, 0.5) is 0 Å². The third-order valence-electron chi connectivity index (χ3n) is 6.09. The molecule has 27 heavy (non-hydrogen) atoms. The summed E-state index contributed by atoms with van der Waals surface area (Å²) in [4.78, 5) is 2.96. The smallest absolute Gasteiger partial charge is 0.240 e. The van der Waals surface area contributed by atoms with Crippen LogP contribution < -0.4 is 9.46 Å². The zero-order chi connectivity index (χ0) is 19.4. The first kappa shape index (κ1) is 20.6. The number of likely N-dealkylation sites (tertiary alicyclic amines) is 1. The molecule has 152 valence electrons. The Kier molecular flexibility index (Phi) is 6.82. The molecule has 0 radical (unpaired) electrons. The Morgan fingerprint density at radius 2 is 1.67 bits per heavy atom. The fourth-order valence-electron chi connectivity index (χ4n) is 4.54. The summed E-state index contributed by atoms with van der Waals surface area (Å²) >= 11 is 0. The van der Waals surface area contributed by atoms with Gasteiger partial charge in [0.1, 0.15) is 5.75 Å². The Morgan fingerprint density at radius 3 is 2.22 bits per heavy atom. The van der Waals surface area contributed by atoms with Crippen LogP contribution in [-0.2, 0) is 10.0 Å². The van der Waals surface area contributed by atoms with E-state index in [-0.39, 0.29) is 0 Å². The summed E-state index contributed by atoms with van der Waals surface area (Å²) in [6.45, 7) is 9.06. The Balaban J connectivity index is 1.56. The van der Waals surface area contributed by atoms with Crippen LogP contribution >= 0.6 is 0 Å². The van der Waals surface area contributed by atoms with Gasteiger partial charge in [-0.05, 0) is 88.7 Å². The van der Waals surface area contributed by atoms with Gasteiger partial charge in [-0.3, -0.25) is 0 Å². The maximum absolute atomic E-state index is 12.8. The van der Waals surface area contributed by atoms with Gasteiger partial charge in [0.2, 0.25) is 10.0 Å². The van der Waals surface area contributed by atoms with Crippen LogP contribution in [0.25, 0.3) is 0 Å². The van der Waals surface area contributed by atoms with Gasteiger partial charge in [-0.2, -0.15) is 0 Å². The van der Waals surface area contributed by atoms with Crippen molar-refractivity contribution in [3.05, 3.63) is 23.3 Å². The molecule has 0 aromatic heterocycles. The summed E-state index contributed by atoms with van der Waals surface area (Å²) in [5.41, 5.74) is 1.73. The highest BCUT2D eigenvalue weighted by Crippen LogP contribution is 2.29. The number of nitrogens with one attached hydrogen (secondary N) is 1. The Bertz CT molecular complexity index is 711. The van der Waals surface area contributed by atoms with E-state index in [1.165, 1.54) is 25.7 Å². The van der Waals surface area contributed by atoms with Crippen molar-refractivity contribution in [2.45, 2.75) is 70.2 Å². The van der Waals surface area contributed by atoms with Crippen LogP contribution in [0.1, 0.15) is 56.6 Å². The van der Waals surface area contributed by atoms with Gasteiger partial charge in [-0.25, -0.2) is 13.1 Å². The lowest BCUT2D eigenvalue weighted by Crippen LogP contribution is -2.42. The highest BCUT2D eigenvalue weighted by Gasteiger charge is 2.28. The quantitative estimate of drug-likeness (QED) is 0.767. The second kappa shape index (κ2) is 8.93. The third kappa shape index (κ3) is 5.04. The van der Waals surface area contributed by atoms with Crippen molar-refractivity contribution in [1.29, 1.82) is 0 Å². The fourth-order valence-corrected chi connectivity index (χ4v) is 5.83. The molecule has 1 saturated heterocycles. The number of benzene rings is 1. The minimum atomic E-state index is -3.48. The van der Waals surface area contributed by atoms with Gasteiger partial charge in [0.15, 0.2) is 0 Å². The van der Waals surface area contributed by atoms with E-state index in [9.17, 15) is 8.42 Å². The molecule has 3 rings (SSSR count). The predicted molar refractivity (Wildman–Crippen MR) is 109 cm³/mol. The van der Waals surface area contributed by atoms with Crippen LogP contribution in [0.15, 0.2) is 17.0 Å². The third-order valence-corrected chi connectivity index (χ3v) is 7.49. The van der Waals surface area contributed by atoms with Gasteiger partial charge >= 0.3 is 0 Å². The zero-order valence-corrected chi connectivity index (χ0v) is 17.8. The lowest BCUT2D eigenvalue weighted by Gasteiger charge is -2.36. The van der Waals surface area contributed by atoms with E-state index in [4.69, 9.17) is 4.74 Å². The SMILES string of the molecule is CCOc1c(C)cc(S(=O)(=O)NCC2CCN(C3CCCC3)CC2)cc1C. The highest BCUT2D eigenvalue weighted by atomic mass is 32.2. The van der Waals surface area contributed by atoms with Gasteiger partial charge in [-0.1, -0.05) is 12.8 Å². The van der Waals surface area contributed by atoms with Crippen molar-refractivity contribution in [3.8, 4) is 5.75 Å². The fraction of sp³-hybridized carbons (Fsp3) is 0.714. The van der Waals surface area contributed by atoms with Gasteiger partial charge in [-0.15, -0.1) is 0 Å². The van der Waals surface area contributed by atoms with Gasteiger partial charge in [0.05, 0.1) is 11.5 Å². The molecular formula is C21H34N2O3S. The van der Waals surface area contributed by atoms with Crippen molar-refractivity contribution in [1.82, 2.24) is 9.62 Å². The van der Waals surface area contributed by atoms with Crippen LogP contribution in [-0.4, -0.2) is 45.6 Å². The molecule has 1 aromatic carbocycles. The normalized spacial score (nSPS) is 20.3. The molecule has 1 aromatic rings. The summed E-state index contributed by atoms with van der Waals surface area (Å²) in [5, 5.41) is 0. The molecule has 0 bridgehead atoms. The van der Waals surface area contributed by atoms with Crippen LogP contribution in [0.3, 0.4) is 0 Å². The second-order valence-electron chi connectivity index (χ2n) is 8.09. The number of nitrogens with zero attached hydrogens (tertiary/aromatic N) is 1. The van der Waals surface area contributed by atoms with E-state index in [2.05, 4.69) is 9.62 Å². The first-order valence-corrected chi connectivity index (χ1v) is 11.9. The predicted octanol–water partition coefficient (Wildman–Crippen LogP) is 3.64.